The largest absolute Gasteiger partial charge is 0.481 e. The number of aliphatic carboxylic acids is 1. The third kappa shape index (κ3) is 4.32. The number of carbonyl (C=O) groups is 2. The predicted octanol–water partition coefficient (Wildman–Crippen LogP) is 1.40. The van der Waals surface area contributed by atoms with Crippen molar-refractivity contribution in [3.63, 3.8) is 0 Å². The first-order valence-electron chi connectivity index (χ1n) is 5.59. The molecule has 0 saturated heterocycles. The monoisotopic (exact) mass is 213 g/mol. The average molecular weight is 213 g/mol. The minimum Gasteiger partial charge on any atom is -0.481 e. The van der Waals surface area contributed by atoms with Gasteiger partial charge in [0.25, 0.3) is 0 Å². The molecule has 0 radical (unpaired) electrons. The van der Waals surface area contributed by atoms with E-state index in [1.165, 1.54) is 25.7 Å². The molecule has 0 aromatic heterocycles. The van der Waals surface area contributed by atoms with Crippen molar-refractivity contribution in [2.45, 2.75) is 39.0 Å². The molecule has 0 aromatic carbocycles. The van der Waals surface area contributed by atoms with E-state index in [2.05, 4.69) is 5.32 Å². The highest BCUT2D eigenvalue weighted by atomic mass is 16.4. The SMILES string of the molecule is CC(CC(=O)O)C(=O)NCC1CCCC1. The Morgan fingerprint density at radius 2 is 2.00 bits per heavy atom. The first kappa shape index (κ1) is 12.0. The minimum atomic E-state index is -0.918. The van der Waals surface area contributed by atoms with Crippen molar-refractivity contribution in [1.82, 2.24) is 5.32 Å². The molecular formula is C11H19NO3. The van der Waals surface area contributed by atoms with Gasteiger partial charge in [0.1, 0.15) is 0 Å². The van der Waals surface area contributed by atoms with Crippen molar-refractivity contribution in [1.29, 1.82) is 0 Å². The van der Waals surface area contributed by atoms with Crippen LogP contribution in [0.5, 0.6) is 0 Å². The number of carbonyl (C=O) groups excluding carboxylic acids is 1. The Morgan fingerprint density at radius 3 is 2.53 bits per heavy atom. The van der Waals surface area contributed by atoms with Crippen LogP contribution >= 0.6 is 0 Å². The number of rotatable bonds is 5. The Kier molecular flexibility index (Phi) is 4.59. The molecule has 1 fully saturated rings. The van der Waals surface area contributed by atoms with E-state index in [9.17, 15) is 9.59 Å². The molecule has 1 aliphatic carbocycles. The van der Waals surface area contributed by atoms with Crippen molar-refractivity contribution in [3.8, 4) is 0 Å². The molecule has 1 rings (SSSR count). The standard InChI is InChI=1S/C11H19NO3/c1-8(6-10(13)14)11(15)12-7-9-4-2-3-5-9/h8-9H,2-7H2,1H3,(H,12,15)(H,13,14). The van der Waals surface area contributed by atoms with Crippen LogP contribution in [0.3, 0.4) is 0 Å². The van der Waals surface area contributed by atoms with Crippen molar-refractivity contribution >= 4 is 11.9 Å². The number of nitrogens with one attached hydrogen (secondary N) is 1. The Labute approximate surface area is 90.0 Å². The number of carboxylic acids is 1. The normalized spacial score (nSPS) is 18.7. The lowest BCUT2D eigenvalue weighted by atomic mass is 10.1. The minimum absolute atomic E-state index is 0.0868. The second kappa shape index (κ2) is 5.73. The maximum atomic E-state index is 11.5. The van der Waals surface area contributed by atoms with Crippen LogP contribution in [0.2, 0.25) is 0 Å². The molecule has 4 nitrogen and oxygen atoms in total. The molecule has 1 atom stereocenters. The van der Waals surface area contributed by atoms with Gasteiger partial charge in [-0.1, -0.05) is 19.8 Å². The Hall–Kier alpha value is -1.06. The van der Waals surface area contributed by atoms with Gasteiger partial charge >= 0.3 is 5.97 Å². The smallest absolute Gasteiger partial charge is 0.304 e. The lowest BCUT2D eigenvalue weighted by molar-refractivity contribution is -0.140. The van der Waals surface area contributed by atoms with Gasteiger partial charge in [-0.15, -0.1) is 0 Å². The van der Waals surface area contributed by atoms with Crippen LogP contribution in [0.25, 0.3) is 0 Å². The summed E-state index contributed by atoms with van der Waals surface area (Å²) in [6.45, 7) is 2.36. The molecule has 1 amide bonds. The van der Waals surface area contributed by atoms with Crippen molar-refractivity contribution in [3.05, 3.63) is 0 Å². The van der Waals surface area contributed by atoms with Crippen LogP contribution in [0.1, 0.15) is 39.0 Å². The number of carboxylic acid groups (broad SMARTS) is 1. The molecule has 0 bridgehead atoms. The predicted molar refractivity (Wildman–Crippen MR) is 56.4 cm³/mol. The summed E-state index contributed by atoms with van der Waals surface area (Å²) in [5, 5.41) is 11.4. The summed E-state index contributed by atoms with van der Waals surface area (Å²) in [5.41, 5.74) is 0. The van der Waals surface area contributed by atoms with Gasteiger partial charge in [-0.2, -0.15) is 0 Å². The summed E-state index contributed by atoms with van der Waals surface area (Å²) >= 11 is 0. The second-order valence-electron chi connectivity index (χ2n) is 4.39. The summed E-state index contributed by atoms with van der Waals surface area (Å²) in [7, 11) is 0. The first-order chi connectivity index (χ1) is 7.09. The summed E-state index contributed by atoms with van der Waals surface area (Å²) in [4.78, 5) is 21.9. The highest BCUT2D eigenvalue weighted by Gasteiger charge is 2.19. The van der Waals surface area contributed by atoms with Crippen LogP contribution in [0.15, 0.2) is 0 Å². The van der Waals surface area contributed by atoms with Crippen molar-refractivity contribution in [2.24, 2.45) is 11.8 Å². The van der Waals surface area contributed by atoms with Crippen molar-refractivity contribution in [2.75, 3.05) is 6.54 Å². The van der Waals surface area contributed by atoms with Gasteiger partial charge in [-0.3, -0.25) is 9.59 Å². The zero-order valence-electron chi connectivity index (χ0n) is 9.16. The molecule has 1 saturated carbocycles. The fourth-order valence-electron chi connectivity index (χ4n) is 1.99. The number of hydrogen-bond donors (Lipinski definition) is 2. The zero-order valence-corrected chi connectivity index (χ0v) is 9.16. The molecule has 1 aliphatic rings. The highest BCUT2D eigenvalue weighted by molar-refractivity contribution is 5.82. The molecule has 0 aromatic rings. The van der Waals surface area contributed by atoms with Gasteiger partial charge in [-0.05, 0) is 18.8 Å². The van der Waals surface area contributed by atoms with Crippen LogP contribution in [-0.4, -0.2) is 23.5 Å². The summed E-state index contributed by atoms with van der Waals surface area (Å²) in [6.07, 6.45) is 4.80. The zero-order chi connectivity index (χ0) is 11.3. The van der Waals surface area contributed by atoms with Gasteiger partial charge in [-0.25, -0.2) is 0 Å². The highest BCUT2D eigenvalue weighted by Crippen LogP contribution is 2.23. The van der Waals surface area contributed by atoms with Crippen molar-refractivity contribution < 1.29 is 14.7 Å². The molecule has 4 heteroatoms. The number of hydrogen-bond acceptors (Lipinski definition) is 2. The molecule has 0 spiro atoms. The van der Waals surface area contributed by atoms with E-state index >= 15 is 0 Å². The summed E-state index contributed by atoms with van der Waals surface area (Å²) < 4.78 is 0. The van der Waals surface area contributed by atoms with E-state index in [0.29, 0.717) is 12.5 Å². The van der Waals surface area contributed by atoms with Gasteiger partial charge in [0.15, 0.2) is 0 Å². The van der Waals surface area contributed by atoms with E-state index in [-0.39, 0.29) is 12.3 Å². The lowest BCUT2D eigenvalue weighted by Crippen LogP contribution is -2.33. The van der Waals surface area contributed by atoms with Gasteiger partial charge in [0.2, 0.25) is 5.91 Å². The summed E-state index contributed by atoms with van der Waals surface area (Å²) in [6, 6.07) is 0. The molecule has 2 N–H and O–H groups in total. The third-order valence-electron chi connectivity index (χ3n) is 2.97. The van der Waals surface area contributed by atoms with E-state index < -0.39 is 11.9 Å². The molecule has 1 unspecified atom stereocenters. The molecule has 86 valence electrons. The van der Waals surface area contributed by atoms with Gasteiger partial charge in [0, 0.05) is 12.5 Å². The van der Waals surface area contributed by atoms with Crippen LogP contribution in [0, 0.1) is 11.8 Å². The quantitative estimate of drug-likeness (QED) is 0.725. The fourth-order valence-corrected chi connectivity index (χ4v) is 1.99. The van der Waals surface area contributed by atoms with Crippen LogP contribution in [-0.2, 0) is 9.59 Å². The van der Waals surface area contributed by atoms with E-state index in [1.54, 1.807) is 6.92 Å². The Morgan fingerprint density at radius 1 is 1.40 bits per heavy atom. The van der Waals surface area contributed by atoms with E-state index in [1.807, 2.05) is 0 Å². The molecular weight excluding hydrogens is 194 g/mol. The fraction of sp³-hybridized carbons (Fsp3) is 0.818. The van der Waals surface area contributed by atoms with E-state index in [4.69, 9.17) is 5.11 Å². The van der Waals surface area contributed by atoms with E-state index in [0.717, 1.165) is 0 Å². The Balaban J connectivity index is 2.19. The van der Waals surface area contributed by atoms with Gasteiger partial charge in [0.05, 0.1) is 6.42 Å². The topological polar surface area (TPSA) is 66.4 Å². The average Bonchev–Trinajstić information content (AvgIpc) is 2.65. The second-order valence-corrected chi connectivity index (χ2v) is 4.39. The maximum absolute atomic E-state index is 11.5. The lowest BCUT2D eigenvalue weighted by Gasteiger charge is -2.13. The third-order valence-corrected chi connectivity index (χ3v) is 2.97. The first-order valence-corrected chi connectivity index (χ1v) is 5.59. The molecule has 0 heterocycles. The van der Waals surface area contributed by atoms with Crippen LogP contribution in [0.4, 0.5) is 0 Å². The number of amides is 1. The molecule has 0 aliphatic heterocycles. The summed E-state index contributed by atoms with van der Waals surface area (Å²) in [5.74, 6) is -0.877. The van der Waals surface area contributed by atoms with Crippen LogP contribution < -0.4 is 5.32 Å². The maximum Gasteiger partial charge on any atom is 0.304 e. The van der Waals surface area contributed by atoms with Gasteiger partial charge < -0.3 is 10.4 Å². The molecule has 15 heavy (non-hydrogen) atoms. The Bertz CT molecular complexity index is 234.